The summed E-state index contributed by atoms with van der Waals surface area (Å²) in [6.07, 6.45) is 1.20. The standard InChI is InChI=1S/C23H31NO3S/c1-16(2)21(18-11-13-20(14-12-18)23(3,4)5)24-22(25)19-9-7-17(8-10-19)15-28(6,26)27/h7-14,16,21H,15H2,1-6H3,(H,24,25)/t21-/m1/s1. The number of hydrogen-bond acceptors (Lipinski definition) is 3. The maximum absolute atomic E-state index is 12.7. The second-order valence-corrected chi connectivity index (χ2v) is 11.0. The maximum Gasteiger partial charge on any atom is 0.251 e. The molecule has 0 fully saturated rings. The number of hydrogen-bond donors (Lipinski definition) is 1. The largest absolute Gasteiger partial charge is 0.345 e. The predicted octanol–water partition coefficient (Wildman–Crippen LogP) is 4.66. The highest BCUT2D eigenvalue weighted by atomic mass is 32.2. The van der Waals surface area contributed by atoms with E-state index in [4.69, 9.17) is 0 Å². The summed E-state index contributed by atoms with van der Waals surface area (Å²) in [4.78, 5) is 12.7. The average Bonchev–Trinajstić information content (AvgIpc) is 2.58. The molecule has 0 spiro atoms. The molecule has 4 nitrogen and oxygen atoms in total. The van der Waals surface area contributed by atoms with Crippen molar-refractivity contribution in [1.29, 1.82) is 0 Å². The van der Waals surface area contributed by atoms with Gasteiger partial charge in [0.05, 0.1) is 11.8 Å². The molecule has 28 heavy (non-hydrogen) atoms. The first-order valence-electron chi connectivity index (χ1n) is 9.55. The van der Waals surface area contributed by atoms with Crippen LogP contribution in [-0.2, 0) is 21.0 Å². The first kappa shape index (κ1) is 22.2. The van der Waals surface area contributed by atoms with E-state index >= 15 is 0 Å². The Kier molecular flexibility index (Phi) is 6.71. The van der Waals surface area contributed by atoms with Gasteiger partial charge in [-0.2, -0.15) is 0 Å². The monoisotopic (exact) mass is 401 g/mol. The zero-order valence-corrected chi connectivity index (χ0v) is 18.4. The third kappa shape index (κ3) is 6.20. The van der Waals surface area contributed by atoms with Gasteiger partial charge in [0.25, 0.3) is 5.91 Å². The van der Waals surface area contributed by atoms with Crippen molar-refractivity contribution in [2.24, 2.45) is 5.92 Å². The Morgan fingerprint density at radius 1 is 0.964 bits per heavy atom. The van der Waals surface area contributed by atoms with Crippen LogP contribution in [0.5, 0.6) is 0 Å². The van der Waals surface area contributed by atoms with E-state index < -0.39 is 9.84 Å². The fraction of sp³-hybridized carbons (Fsp3) is 0.435. The van der Waals surface area contributed by atoms with E-state index in [0.29, 0.717) is 11.1 Å². The summed E-state index contributed by atoms with van der Waals surface area (Å²) in [5.41, 5.74) is 3.62. The fourth-order valence-corrected chi connectivity index (χ4v) is 3.90. The fourth-order valence-electron chi connectivity index (χ4n) is 3.11. The number of carbonyl (C=O) groups excluding carboxylic acids is 1. The molecular weight excluding hydrogens is 370 g/mol. The predicted molar refractivity (Wildman–Crippen MR) is 115 cm³/mol. The number of sulfone groups is 1. The summed E-state index contributed by atoms with van der Waals surface area (Å²) < 4.78 is 22.8. The first-order valence-corrected chi connectivity index (χ1v) is 11.6. The van der Waals surface area contributed by atoms with Crippen LogP contribution in [-0.4, -0.2) is 20.6 Å². The molecule has 0 aliphatic heterocycles. The van der Waals surface area contributed by atoms with Crippen molar-refractivity contribution in [3.8, 4) is 0 Å². The molecule has 0 saturated heterocycles. The van der Waals surface area contributed by atoms with Crippen LogP contribution < -0.4 is 5.32 Å². The number of benzene rings is 2. The smallest absolute Gasteiger partial charge is 0.251 e. The summed E-state index contributed by atoms with van der Waals surface area (Å²) in [6, 6.07) is 15.1. The van der Waals surface area contributed by atoms with Crippen molar-refractivity contribution in [3.05, 3.63) is 70.8 Å². The SMILES string of the molecule is CC(C)[C@@H](NC(=O)c1ccc(CS(C)(=O)=O)cc1)c1ccc(C(C)(C)C)cc1. The molecule has 2 aromatic rings. The molecule has 0 aliphatic carbocycles. The minimum Gasteiger partial charge on any atom is -0.345 e. The lowest BCUT2D eigenvalue weighted by Gasteiger charge is -2.25. The third-order valence-corrected chi connectivity index (χ3v) is 5.59. The highest BCUT2D eigenvalue weighted by Gasteiger charge is 2.20. The van der Waals surface area contributed by atoms with Gasteiger partial charge in [-0.1, -0.05) is 71.0 Å². The van der Waals surface area contributed by atoms with Gasteiger partial charge >= 0.3 is 0 Å². The Labute approximate surface area is 169 Å². The van der Waals surface area contributed by atoms with Crippen molar-refractivity contribution in [3.63, 3.8) is 0 Å². The van der Waals surface area contributed by atoms with Crippen molar-refractivity contribution in [2.75, 3.05) is 6.26 Å². The topological polar surface area (TPSA) is 63.2 Å². The van der Waals surface area contributed by atoms with Gasteiger partial charge in [-0.15, -0.1) is 0 Å². The molecule has 0 aromatic heterocycles. The first-order chi connectivity index (χ1) is 12.9. The molecule has 2 aromatic carbocycles. The quantitative estimate of drug-likeness (QED) is 0.766. The highest BCUT2D eigenvalue weighted by Crippen LogP contribution is 2.27. The van der Waals surface area contributed by atoms with Gasteiger partial charge < -0.3 is 5.32 Å². The minimum absolute atomic E-state index is 0.0242. The molecule has 0 bridgehead atoms. The van der Waals surface area contributed by atoms with Crippen LogP contribution in [0.1, 0.15) is 67.7 Å². The summed E-state index contributed by atoms with van der Waals surface area (Å²) in [6.45, 7) is 10.7. The van der Waals surface area contributed by atoms with Crippen molar-refractivity contribution in [1.82, 2.24) is 5.32 Å². The second kappa shape index (κ2) is 8.48. The van der Waals surface area contributed by atoms with Crippen LogP contribution in [0.2, 0.25) is 0 Å². The van der Waals surface area contributed by atoms with Crippen molar-refractivity contribution in [2.45, 2.75) is 51.8 Å². The molecule has 0 unspecified atom stereocenters. The van der Waals surface area contributed by atoms with Gasteiger partial charge in [0.2, 0.25) is 0 Å². The third-order valence-electron chi connectivity index (χ3n) is 4.73. The van der Waals surface area contributed by atoms with Crippen LogP contribution in [0.4, 0.5) is 0 Å². The maximum atomic E-state index is 12.7. The average molecular weight is 402 g/mol. The molecule has 1 N–H and O–H groups in total. The number of nitrogens with one attached hydrogen (secondary N) is 1. The van der Waals surface area contributed by atoms with E-state index in [-0.39, 0.29) is 29.0 Å². The van der Waals surface area contributed by atoms with Gasteiger partial charge in [-0.25, -0.2) is 8.42 Å². The Hall–Kier alpha value is -2.14. The molecule has 5 heteroatoms. The Bertz CT molecular complexity index is 906. The Morgan fingerprint density at radius 2 is 1.50 bits per heavy atom. The number of amides is 1. The summed E-state index contributed by atoms with van der Waals surface area (Å²) in [5.74, 6) is 0.0438. The molecule has 1 amide bonds. The summed E-state index contributed by atoms with van der Waals surface area (Å²) in [5, 5.41) is 3.12. The van der Waals surface area contributed by atoms with Gasteiger partial charge in [-0.05, 0) is 40.2 Å². The summed E-state index contributed by atoms with van der Waals surface area (Å²) in [7, 11) is -3.09. The van der Waals surface area contributed by atoms with Crippen LogP contribution in [0.3, 0.4) is 0 Å². The number of rotatable bonds is 6. The molecule has 1 atom stereocenters. The van der Waals surface area contributed by atoms with Gasteiger partial charge in [-0.3, -0.25) is 4.79 Å². The van der Waals surface area contributed by atoms with Crippen LogP contribution in [0.25, 0.3) is 0 Å². The van der Waals surface area contributed by atoms with E-state index in [1.165, 1.54) is 11.8 Å². The van der Waals surface area contributed by atoms with Gasteiger partial charge in [0, 0.05) is 11.8 Å². The van der Waals surface area contributed by atoms with Crippen LogP contribution >= 0.6 is 0 Å². The Morgan fingerprint density at radius 3 is 1.93 bits per heavy atom. The zero-order chi connectivity index (χ0) is 21.1. The molecular formula is C23H31NO3S. The molecule has 2 rings (SSSR count). The van der Waals surface area contributed by atoms with E-state index in [1.807, 2.05) is 0 Å². The lowest BCUT2D eigenvalue weighted by Crippen LogP contribution is -2.31. The van der Waals surface area contributed by atoms with Gasteiger partial charge in [0.15, 0.2) is 9.84 Å². The summed E-state index contributed by atoms with van der Waals surface area (Å²) >= 11 is 0. The van der Waals surface area contributed by atoms with E-state index in [9.17, 15) is 13.2 Å². The molecule has 152 valence electrons. The molecule has 0 heterocycles. The van der Waals surface area contributed by atoms with E-state index in [1.54, 1.807) is 24.3 Å². The minimum atomic E-state index is -3.09. The normalized spacial score (nSPS) is 13.4. The van der Waals surface area contributed by atoms with Crippen LogP contribution in [0, 0.1) is 5.92 Å². The van der Waals surface area contributed by atoms with Crippen LogP contribution in [0.15, 0.2) is 48.5 Å². The molecule has 0 radical (unpaired) electrons. The van der Waals surface area contributed by atoms with E-state index in [2.05, 4.69) is 64.2 Å². The second-order valence-electron chi connectivity index (χ2n) is 8.83. The lowest BCUT2D eigenvalue weighted by atomic mass is 9.85. The van der Waals surface area contributed by atoms with Crippen molar-refractivity contribution < 1.29 is 13.2 Å². The van der Waals surface area contributed by atoms with Gasteiger partial charge in [0.1, 0.15) is 0 Å². The molecule has 0 saturated carbocycles. The highest BCUT2D eigenvalue weighted by molar-refractivity contribution is 7.89. The zero-order valence-electron chi connectivity index (χ0n) is 17.6. The lowest BCUT2D eigenvalue weighted by molar-refractivity contribution is 0.0925. The Balaban J connectivity index is 2.16. The van der Waals surface area contributed by atoms with Crippen molar-refractivity contribution >= 4 is 15.7 Å². The van der Waals surface area contributed by atoms with E-state index in [0.717, 1.165) is 5.56 Å². The number of carbonyl (C=O) groups is 1. The molecule has 0 aliphatic rings.